The largest absolute Gasteiger partial charge is 0.399 e. The van der Waals surface area contributed by atoms with Gasteiger partial charge < -0.3 is 27.0 Å². The SMILES string of the molecule is Nc1ccc(Nc2ccc3nc4ccc(Nc5ccc6nc7ccc(Nc8ccc9nc%10ccc(Nc%11ccccc%11)cc%10[n+](-c%10ccccc%10)c9c8)cc7[n+](-c7ccccc7)c6c5)cc4[n+](-c4ccccc4)c3c2)cc1. The van der Waals surface area contributed by atoms with Gasteiger partial charge in [-0.2, -0.15) is 0 Å². The average Bonchev–Trinajstić information content (AvgIpc) is 3.49. The molecule has 0 aliphatic heterocycles. The summed E-state index contributed by atoms with van der Waals surface area (Å²) in [6.45, 7) is 0. The van der Waals surface area contributed by atoms with E-state index in [-0.39, 0.29) is 0 Å². The molecule has 14 rings (SSSR count). The van der Waals surface area contributed by atoms with Gasteiger partial charge in [0.2, 0.25) is 50.2 Å². The number of fused-ring (bicyclic) bond motifs is 6. The van der Waals surface area contributed by atoms with Gasteiger partial charge in [-0.15, -0.1) is 13.7 Å². The van der Waals surface area contributed by atoms with E-state index in [0.29, 0.717) is 0 Å². The lowest BCUT2D eigenvalue weighted by Crippen LogP contribution is -2.33. The lowest BCUT2D eigenvalue weighted by atomic mass is 10.1. The lowest BCUT2D eigenvalue weighted by Gasteiger charge is -2.12. The van der Waals surface area contributed by atoms with Crippen LogP contribution in [0.25, 0.3) is 83.3 Å². The second-order valence-corrected chi connectivity index (χ2v) is 19.1. The zero-order valence-electron chi connectivity index (χ0n) is 41.5. The summed E-state index contributed by atoms with van der Waals surface area (Å²) in [5, 5.41) is 14.7. The van der Waals surface area contributed by atoms with Crippen molar-refractivity contribution in [3.05, 3.63) is 255 Å². The van der Waals surface area contributed by atoms with Crippen LogP contribution < -0.4 is 40.7 Å². The second-order valence-electron chi connectivity index (χ2n) is 19.1. The molecule has 14 aromatic rings. The van der Waals surface area contributed by atoms with E-state index in [1.807, 2.05) is 60.7 Å². The van der Waals surface area contributed by atoms with Crippen LogP contribution in [0.15, 0.2) is 255 Å². The van der Waals surface area contributed by atoms with Gasteiger partial charge in [-0.3, -0.25) is 0 Å². The minimum absolute atomic E-state index is 0.720. The van der Waals surface area contributed by atoms with Gasteiger partial charge in [-0.05, 0) is 109 Å². The quantitative estimate of drug-likeness (QED) is 0.0493. The summed E-state index contributed by atoms with van der Waals surface area (Å²) < 4.78 is 6.87. The predicted octanol–water partition coefficient (Wildman–Crippen LogP) is 14.2. The number of benzene rings is 11. The van der Waals surface area contributed by atoms with Gasteiger partial charge in [0, 0.05) is 124 Å². The molecule has 0 saturated heterocycles. The number of aromatic nitrogens is 6. The van der Waals surface area contributed by atoms with Gasteiger partial charge in [-0.1, -0.05) is 72.8 Å². The number of anilines is 9. The van der Waals surface area contributed by atoms with Gasteiger partial charge >= 0.3 is 0 Å². The van der Waals surface area contributed by atoms with Crippen LogP contribution in [0.1, 0.15) is 0 Å². The Morgan fingerprint density at radius 2 is 0.455 bits per heavy atom. The van der Waals surface area contributed by atoms with E-state index in [4.69, 9.17) is 20.7 Å². The minimum atomic E-state index is 0.720. The molecule has 0 unspecified atom stereocenters. The molecule has 0 bridgehead atoms. The summed E-state index contributed by atoms with van der Waals surface area (Å²) in [5.74, 6) is 0. The molecular formula is C66H48N11+3. The van der Waals surface area contributed by atoms with Crippen LogP contribution >= 0.6 is 0 Å². The fourth-order valence-corrected chi connectivity index (χ4v) is 10.3. The number of hydrogen-bond donors (Lipinski definition) is 5. The number of nitrogens with zero attached hydrogens (tertiary/aromatic N) is 6. The maximum Gasteiger partial charge on any atom is 0.239 e. The highest BCUT2D eigenvalue weighted by atomic mass is 15.0. The highest BCUT2D eigenvalue weighted by Crippen LogP contribution is 2.31. The van der Waals surface area contributed by atoms with Crippen LogP contribution in [0.3, 0.4) is 0 Å². The average molecular weight is 995 g/mol. The Hall–Kier alpha value is -10.8. The second kappa shape index (κ2) is 18.9. The van der Waals surface area contributed by atoms with Crippen LogP contribution in [-0.4, -0.2) is 15.0 Å². The molecule has 364 valence electrons. The van der Waals surface area contributed by atoms with Gasteiger partial charge in [0.25, 0.3) is 0 Å². The molecular weight excluding hydrogens is 947 g/mol. The molecule has 11 aromatic carbocycles. The maximum absolute atomic E-state index is 5.99. The number of nitrogens with one attached hydrogen (secondary N) is 4. The fourth-order valence-electron chi connectivity index (χ4n) is 10.3. The first-order valence-electron chi connectivity index (χ1n) is 25.5. The Labute approximate surface area is 442 Å². The molecule has 6 N–H and O–H groups in total. The first-order valence-corrected chi connectivity index (χ1v) is 25.5. The topological polar surface area (TPSA) is 124 Å². The van der Waals surface area contributed by atoms with Crippen molar-refractivity contribution < 1.29 is 13.7 Å². The summed E-state index contributed by atoms with van der Waals surface area (Å²) in [4.78, 5) is 15.6. The standard InChI is InChI=1S/C66H45N11/c67-43-21-23-45(24-22-43)69-47-26-32-56-62(38-47)76(53-17-9-3-10-18-53)64-40-49(28-34-58(64)73-56)71-51-30-36-60-66(42-51)77(54-19-11-4-12-20-54)65-41-50(29-35-59(65)74-60)70-48-27-33-57-63(39-48)75(52-15-7-2-8-16-52)61-37-46(25-31-55(61)72-57)68-44-13-5-1-6-14-44/h1-42H,(H3,67,68,69,70,71,72,73,74)/p+3. The van der Waals surface area contributed by atoms with E-state index in [1.54, 1.807) is 0 Å². The maximum atomic E-state index is 5.99. The summed E-state index contributed by atoms with van der Waals surface area (Å²) in [6, 6.07) is 87.5. The molecule has 77 heavy (non-hydrogen) atoms. The van der Waals surface area contributed by atoms with Crippen molar-refractivity contribution in [3.63, 3.8) is 0 Å². The van der Waals surface area contributed by atoms with E-state index < -0.39 is 0 Å². The van der Waals surface area contributed by atoms with Gasteiger partial charge in [-0.25, -0.2) is 15.0 Å². The number of hydrogen-bond acceptors (Lipinski definition) is 8. The number of para-hydroxylation sites is 4. The summed E-state index contributed by atoms with van der Waals surface area (Å²) in [7, 11) is 0. The zero-order chi connectivity index (χ0) is 51.2. The van der Waals surface area contributed by atoms with Crippen molar-refractivity contribution in [3.8, 4) is 17.1 Å². The van der Waals surface area contributed by atoms with Crippen LogP contribution in [0.4, 0.5) is 51.2 Å². The van der Waals surface area contributed by atoms with Gasteiger partial charge in [0.15, 0.2) is 0 Å². The first-order chi connectivity index (χ1) is 38.0. The van der Waals surface area contributed by atoms with E-state index in [9.17, 15) is 0 Å². The van der Waals surface area contributed by atoms with Crippen LogP contribution in [-0.2, 0) is 0 Å². The number of nitrogens with two attached hydrogens (primary N) is 1. The smallest absolute Gasteiger partial charge is 0.239 e. The van der Waals surface area contributed by atoms with E-state index >= 15 is 0 Å². The van der Waals surface area contributed by atoms with E-state index in [0.717, 1.165) is 134 Å². The molecule has 0 fully saturated rings. The zero-order valence-corrected chi connectivity index (χ0v) is 41.5. The Kier molecular flexibility index (Phi) is 11.0. The molecule has 0 aliphatic rings. The third kappa shape index (κ3) is 8.69. The third-order valence-electron chi connectivity index (χ3n) is 13.9. The molecule has 0 aliphatic carbocycles. The monoisotopic (exact) mass is 994 g/mol. The normalized spacial score (nSPS) is 11.4. The lowest BCUT2D eigenvalue weighted by molar-refractivity contribution is -0.538. The predicted molar refractivity (Wildman–Crippen MR) is 313 cm³/mol. The molecule has 3 aromatic heterocycles. The van der Waals surface area contributed by atoms with Crippen molar-refractivity contribution in [2.75, 3.05) is 27.0 Å². The van der Waals surface area contributed by atoms with Crippen molar-refractivity contribution in [1.82, 2.24) is 15.0 Å². The first kappa shape index (κ1) is 44.9. The minimum Gasteiger partial charge on any atom is -0.399 e. The molecule has 3 heterocycles. The fraction of sp³-hybridized carbons (Fsp3) is 0. The molecule has 0 saturated carbocycles. The molecule has 0 radical (unpaired) electrons. The Morgan fingerprint density at radius 1 is 0.234 bits per heavy atom. The Morgan fingerprint density at radius 3 is 0.727 bits per heavy atom. The van der Waals surface area contributed by atoms with Gasteiger partial charge in [0.1, 0.15) is 33.1 Å². The number of nitrogen functional groups attached to an aromatic ring is 1. The van der Waals surface area contributed by atoms with Crippen LogP contribution in [0, 0.1) is 0 Å². The van der Waals surface area contributed by atoms with E-state index in [1.165, 1.54) is 0 Å². The molecule has 11 nitrogen and oxygen atoms in total. The third-order valence-corrected chi connectivity index (χ3v) is 13.9. The highest BCUT2D eigenvalue weighted by molar-refractivity contribution is 5.91. The molecule has 0 spiro atoms. The molecule has 11 heteroatoms. The summed E-state index contributed by atoms with van der Waals surface area (Å²) in [6.07, 6.45) is 0. The summed E-state index contributed by atoms with van der Waals surface area (Å²) >= 11 is 0. The Bertz CT molecular complexity index is 4560. The van der Waals surface area contributed by atoms with Crippen molar-refractivity contribution >= 4 is 117 Å². The summed E-state index contributed by atoms with van der Waals surface area (Å²) in [5.41, 5.74) is 28.5. The van der Waals surface area contributed by atoms with E-state index in [2.05, 4.69) is 229 Å². The van der Waals surface area contributed by atoms with Crippen molar-refractivity contribution in [2.45, 2.75) is 0 Å². The van der Waals surface area contributed by atoms with Crippen molar-refractivity contribution in [1.29, 1.82) is 0 Å². The van der Waals surface area contributed by atoms with Crippen molar-refractivity contribution in [2.24, 2.45) is 0 Å². The number of rotatable bonds is 11. The Balaban J connectivity index is 0.845. The van der Waals surface area contributed by atoms with Gasteiger partial charge in [0.05, 0.1) is 0 Å². The molecule has 0 atom stereocenters. The highest BCUT2D eigenvalue weighted by Gasteiger charge is 2.25. The van der Waals surface area contributed by atoms with Crippen LogP contribution in [0.2, 0.25) is 0 Å². The van der Waals surface area contributed by atoms with Crippen LogP contribution in [0.5, 0.6) is 0 Å². The molecule has 0 amide bonds.